The van der Waals surface area contributed by atoms with E-state index >= 15 is 0 Å². The van der Waals surface area contributed by atoms with E-state index in [1.807, 2.05) is 4.90 Å². The number of carbonyl (C=O) groups excluding carboxylic acids is 1. The first kappa shape index (κ1) is 13.6. The van der Waals surface area contributed by atoms with Gasteiger partial charge in [-0.1, -0.05) is 6.07 Å². The van der Waals surface area contributed by atoms with Gasteiger partial charge in [-0.3, -0.25) is 4.79 Å². The number of carbonyl (C=O) groups is 1. The molecule has 100 valence electrons. The SMILES string of the molecule is CC1CCC(CN)CN1C(=O)c1cccc(C#N)c1. The number of nitrogens with zero attached hydrogens (tertiary/aromatic N) is 2. The topological polar surface area (TPSA) is 70.1 Å². The lowest BCUT2D eigenvalue weighted by Crippen LogP contribution is -2.47. The number of nitriles is 1. The number of nitrogens with two attached hydrogens (primary N) is 1. The minimum absolute atomic E-state index is 0.00255. The predicted octanol–water partition coefficient (Wildman–Crippen LogP) is 1.76. The molecule has 1 heterocycles. The lowest BCUT2D eigenvalue weighted by atomic mass is 9.93. The molecule has 1 aromatic rings. The second kappa shape index (κ2) is 5.85. The molecule has 2 rings (SSSR count). The van der Waals surface area contributed by atoms with Crippen molar-refractivity contribution >= 4 is 5.91 Å². The average Bonchev–Trinajstić information content (AvgIpc) is 2.47. The molecular formula is C15H19N3O. The van der Waals surface area contributed by atoms with Crippen LogP contribution in [0.4, 0.5) is 0 Å². The van der Waals surface area contributed by atoms with Gasteiger partial charge in [0, 0.05) is 18.2 Å². The van der Waals surface area contributed by atoms with Crippen molar-refractivity contribution in [2.24, 2.45) is 11.7 Å². The maximum atomic E-state index is 12.5. The molecule has 2 N–H and O–H groups in total. The van der Waals surface area contributed by atoms with Gasteiger partial charge in [0.15, 0.2) is 0 Å². The molecule has 1 amide bonds. The maximum Gasteiger partial charge on any atom is 0.254 e. The quantitative estimate of drug-likeness (QED) is 0.877. The van der Waals surface area contributed by atoms with E-state index in [0.717, 1.165) is 12.8 Å². The molecule has 2 unspecified atom stereocenters. The Morgan fingerprint density at radius 3 is 3.00 bits per heavy atom. The molecule has 1 fully saturated rings. The summed E-state index contributed by atoms with van der Waals surface area (Å²) >= 11 is 0. The maximum absolute atomic E-state index is 12.5. The Morgan fingerprint density at radius 2 is 2.32 bits per heavy atom. The molecule has 19 heavy (non-hydrogen) atoms. The first-order valence-corrected chi connectivity index (χ1v) is 6.67. The Labute approximate surface area is 113 Å². The van der Waals surface area contributed by atoms with E-state index in [0.29, 0.717) is 30.1 Å². The average molecular weight is 257 g/mol. The van der Waals surface area contributed by atoms with Gasteiger partial charge in [-0.25, -0.2) is 0 Å². The Hall–Kier alpha value is -1.86. The van der Waals surface area contributed by atoms with Crippen LogP contribution in [0.15, 0.2) is 24.3 Å². The molecule has 0 saturated carbocycles. The van der Waals surface area contributed by atoms with Crippen LogP contribution in [-0.4, -0.2) is 29.9 Å². The summed E-state index contributed by atoms with van der Waals surface area (Å²) in [4.78, 5) is 14.4. The highest BCUT2D eigenvalue weighted by Crippen LogP contribution is 2.23. The van der Waals surface area contributed by atoms with Crippen molar-refractivity contribution in [2.45, 2.75) is 25.8 Å². The van der Waals surface area contributed by atoms with Crippen molar-refractivity contribution < 1.29 is 4.79 Å². The lowest BCUT2D eigenvalue weighted by Gasteiger charge is -2.37. The normalized spacial score (nSPS) is 22.9. The van der Waals surface area contributed by atoms with E-state index in [-0.39, 0.29) is 11.9 Å². The molecule has 1 aliphatic heterocycles. The molecule has 1 aromatic carbocycles. The van der Waals surface area contributed by atoms with Crippen molar-refractivity contribution in [3.8, 4) is 6.07 Å². The van der Waals surface area contributed by atoms with Crippen LogP contribution in [0.1, 0.15) is 35.7 Å². The first-order chi connectivity index (χ1) is 9.15. The fourth-order valence-electron chi connectivity index (χ4n) is 2.55. The third-order valence-corrected chi connectivity index (χ3v) is 3.81. The van der Waals surface area contributed by atoms with E-state index < -0.39 is 0 Å². The molecule has 2 atom stereocenters. The zero-order valence-electron chi connectivity index (χ0n) is 11.2. The van der Waals surface area contributed by atoms with Gasteiger partial charge in [0.2, 0.25) is 0 Å². The van der Waals surface area contributed by atoms with Gasteiger partial charge in [0.25, 0.3) is 5.91 Å². The zero-order chi connectivity index (χ0) is 13.8. The van der Waals surface area contributed by atoms with Crippen LogP contribution in [0.2, 0.25) is 0 Å². The fraction of sp³-hybridized carbons (Fsp3) is 0.467. The van der Waals surface area contributed by atoms with Gasteiger partial charge < -0.3 is 10.6 Å². The van der Waals surface area contributed by atoms with Crippen molar-refractivity contribution in [3.63, 3.8) is 0 Å². The number of amides is 1. The Balaban J connectivity index is 2.19. The number of benzene rings is 1. The summed E-state index contributed by atoms with van der Waals surface area (Å²) in [5.74, 6) is 0.391. The lowest BCUT2D eigenvalue weighted by molar-refractivity contribution is 0.0567. The third kappa shape index (κ3) is 2.94. The minimum atomic E-state index is 0.00255. The largest absolute Gasteiger partial charge is 0.336 e. The Morgan fingerprint density at radius 1 is 1.53 bits per heavy atom. The number of rotatable bonds is 2. The standard InChI is InChI=1S/C15H19N3O/c1-11-5-6-13(9-17)10-18(11)15(19)14-4-2-3-12(7-14)8-16/h2-4,7,11,13H,5-6,9-10,17H2,1H3. The highest BCUT2D eigenvalue weighted by molar-refractivity contribution is 5.94. The number of hydrogen-bond acceptors (Lipinski definition) is 3. The van der Waals surface area contributed by atoms with Crippen molar-refractivity contribution in [1.82, 2.24) is 4.90 Å². The molecule has 1 aliphatic rings. The molecular weight excluding hydrogens is 238 g/mol. The molecule has 4 heteroatoms. The van der Waals surface area contributed by atoms with Crippen LogP contribution < -0.4 is 5.73 Å². The van der Waals surface area contributed by atoms with Gasteiger partial charge in [0.05, 0.1) is 11.6 Å². The van der Waals surface area contributed by atoms with Crippen molar-refractivity contribution in [2.75, 3.05) is 13.1 Å². The molecule has 1 saturated heterocycles. The smallest absolute Gasteiger partial charge is 0.254 e. The highest BCUT2D eigenvalue weighted by atomic mass is 16.2. The van der Waals surface area contributed by atoms with Crippen LogP contribution in [0.3, 0.4) is 0 Å². The summed E-state index contributed by atoms with van der Waals surface area (Å²) < 4.78 is 0. The second-order valence-corrected chi connectivity index (χ2v) is 5.18. The summed E-state index contributed by atoms with van der Waals surface area (Å²) in [6, 6.07) is 9.18. The van der Waals surface area contributed by atoms with Crippen LogP contribution in [-0.2, 0) is 0 Å². The van der Waals surface area contributed by atoms with E-state index in [1.165, 1.54) is 0 Å². The molecule has 0 aliphatic carbocycles. The van der Waals surface area contributed by atoms with Crippen molar-refractivity contribution in [3.05, 3.63) is 35.4 Å². The van der Waals surface area contributed by atoms with Gasteiger partial charge in [-0.15, -0.1) is 0 Å². The summed E-state index contributed by atoms with van der Waals surface area (Å²) in [7, 11) is 0. The van der Waals surface area contributed by atoms with Crippen LogP contribution in [0.25, 0.3) is 0 Å². The van der Waals surface area contributed by atoms with Crippen LogP contribution in [0.5, 0.6) is 0 Å². The number of hydrogen-bond donors (Lipinski definition) is 1. The molecule has 0 radical (unpaired) electrons. The van der Waals surface area contributed by atoms with Gasteiger partial charge >= 0.3 is 0 Å². The van der Waals surface area contributed by atoms with E-state index in [2.05, 4.69) is 13.0 Å². The molecule has 0 spiro atoms. The van der Waals surface area contributed by atoms with Crippen molar-refractivity contribution in [1.29, 1.82) is 5.26 Å². The third-order valence-electron chi connectivity index (χ3n) is 3.81. The summed E-state index contributed by atoms with van der Waals surface area (Å²) in [5.41, 5.74) is 6.82. The number of likely N-dealkylation sites (tertiary alicyclic amines) is 1. The van der Waals surface area contributed by atoms with E-state index in [9.17, 15) is 4.79 Å². The van der Waals surface area contributed by atoms with Gasteiger partial charge in [-0.05, 0) is 50.4 Å². The highest BCUT2D eigenvalue weighted by Gasteiger charge is 2.28. The number of piperidine rings is 1. The van der Waals surface area contributed by atoms with Crippen LogP contribution in [0, 0.1) is 17.2 Å². The van der Waals surface area contributed by atoms with Crippen LogP contribution >= 0.6 is 0 Å². The first-order valence-electron chi connectivity index (χ1n) is 6.67. The predicted molar refractivity (Wildman–Crippen MR) is 73.4 cm³/mol. The van der Waals surface area contributed by atoms with E-state index in [1.54, 1.807) is 24.3 Å². The fourth-order valence-corrected chi connectivity index (χ4v) is 2.55. The minimum Gasteiger partial charge on any atom is -0.336 e. The van der Waals surface area contributed by atoms with E-state index in [4.69, 9.17) is 11.0 Å². The van der Waals surface area contributed by atoms with Gasteiger partial charge in [-0.2, -0.15) is 5.26 Å². The zero-order valence-corrected chi connectivity index (χ0v) is 11.2. The Bertz CT molecular complexity index is 506. The summed E-state index contributed by atoms with van der Waals surface area (Å²) in [6.45, 7) is 3.40. The summed E-state index contributed by atoms with van der Waals surface area (Å²) in [6.07, 6.45) is 2.07. The molecule has 0 aromatic heterocycles. The monoisotopic (exact) mass is 257 g/mol. The Kier molecular flexibility index (Phi) is 4.18. The second-order valence-electron chi connectivity index (χ2n) is 5.18. The molecule has 4 nitrogen and oxygen atoms in total. The van der Waals surface area contributed by atoms with Gasteiger partial charge in [0.1, 0.15) is 0 Å². The molecule has 0 bridgehead atoms. The summed E-state index contributed by atoms with van der Waals surface area (Å²) in [5, 5.41) is 8.89.